The van der Waals surface area contributed by atoms with Crippen LogP contribution in [-0.2, 0) is 16.1 Å². The summed E-state index contributed by atoms with van der Waals surface area (Å²) in [6, 6.07) is 12.9. The van der Waals surface area contributed by atoms with Crippen LogP contribution in [0.15, 0.2) is 42.5 Å². The van der Waals surface area contributed by atoms with E-state index in [1.165, 1.54) is 0 Å². The Morgan fingerprint density at radius 3 is 2.44 bits per heavy atom. The zero-order valence-corrected chi connectivity index (χ0v) is 20.9. The molecular formula is C28H34N4O4. The van der Waals surface area contributed by atoms with Crippen LogP contribution < -0.4 is 19.9 Å². The van der Waals surface area contributed by atoms with E-state index in [4.69, 9.17) is 4.74 Å². The first-order chi connectivity index (χ1) is 17.5. The number of carbonyl (C=O) groups is 3. The maximum atomic E-state index is 13.6. The molecule has 8 nitrogen and oxygen atoms in total. The number of piperidine rings is 2. The number of ether oxygens (including phenoxy) is 1. The van der Waals surface area contributed by atoms with E-state index >= 15 is 0 Å². The molecule has 1 atom stereocenters. The predicted molar refractivity (Wildman–Crippen MR) is 138 cm³/mol. The number of likely N-dealkylation sites (tertiary alicyclic amines) is 1. The highest BCUT2D eigenvalue weighted by Crippen LogP contribution is 2.40. The lowest BCUT2D eigenvalue weighted by Gasteiger charge is -2.45. The molecule has 0 bridgehead atoms. The van der Waals surface area contributed by atoms with Crippen molar-refractivity contribution in [3.05, 3.63) is 53.6 Å². The standard InChI is InChI=1S/C28H34N4O4/c1-36-22-11-8-20(9-12-22)18-29-26(33)19-32-25-17-21(27(34)30-14-4-2-5-15-30)10-13-23(25)31-16-6-3-7-24(31)28(32)35/h8-13,17,24H,2-7,14-16,18-19H2,1H3,(H,29,33)/t24-/m0/s1. The number of anilines is 2. The number of nitrogens with one attached hydrogen (secondary N) is 1. The smallest absolute Gasteiger partial charge is 0.253 e. The Morgan fingerprint density at radius 2 is 1.69 bits per heavy atom. The van der Waals surface area contributed by atoms with Gasteiger partial charge in [-0.1, -0.05) is 12.1 Å². The Morgan fingerprint density at radius 1 is 0.944 bits per heavy atom. The first-order valence-corrected chi connectivity index (χ1v) is 13.0. The van der Waals surface area contributed by atoms with Gasteiger partial charge < -0.3 is 19.9 Å². The van der Waals surface area contributed by atoms with Gasteiger partial charge in [0.2, 0.25) is 11.8 Å². The minimum Gasteiger partial charge on any atom is -0.497 e. The van der Waals surface area contributed by atoms with Gasteiger partial charge in [0.25, 0.3) is 5.91 Å². The molecule has 2 saturated heterocycles. The molecule has 3 heterocycles. The number of nitrogens with zero attached hydrogens (tertiary/aromatic N) is 3. The molecule has 1 N–H and O–H groups in total. The van der Waals surface area contributed by atoms with Crippen molar-refractivity contribution in [3.8, 4) is 5.75 Å². The molecule has 3 aliphatic rings. The summed E-state index contributed by atoms with van der Waals surface area (Å²) < 4.78 is 5.19. The van der Waals surface area contributed by atoms with E-state index in [2.05, 4.69) is 10.2 Å². The molecule has 5 rings (SSSR count). The van der Waals surface area contributed by atoms with Gasteiger partial charge >= 0.3 is 0 Å². The van der Waals surface area contributed by atoms with Gasteiger partial charge in [-0.3, -0.25) is 19.3 Å². The lowest BCUT2D eigenvalue weighted by molar-refractivity contribution is -0.125. The monoisotopic (exact) mass is 490 g/mol. The lowest BCUT2D eigenvalue weighted by Crippen LogP contribution is -2.57. The summed E-state index contributed by atoms with van der Waals surface area (Å²) in [6.45, 7) is 2.62. The van der Waals surface area contributed by atoms with Crippen LogP contribution in [0.5, 0.6) is 5.75 Å². The number of hydrogen-bond acceptors (Lipinski definition) is 5. The molecule has 2 aromatic rings. The molecule has 3 aliphatic heterocycles. The van der Waals surface area contributed by atoms with Gasteiger partial charge in [-0.15, -0.1) is 0 Å². The second-order valence-electron chi connectivity index (χ2n) is 9.81. The fourth-order valence-corrected chi connectivity index (χ4v) is 5.48. The molecule has 8 heteroatoms. The average Bonchev–Trinajstić information content (AvgIpc) is 2.94. The van der Waals surface area contributed by atoms with Crippen molar-refractivity contribution in [3.63, 3.8) is 0 Å². The van der Waals surface area contributed by atoms with Crippen LogP contribution >= 0.6 is 0 Å². The van der Waals surface area contributed by atoms with Crippen molar-refractivity contribution in [2.24, 2.45) is 0 Å². The van der Waals surface area contributed by atoms with Gasteiger partial charge in [0.15, 0.2) is 0 Å². The van der Waals surface area contributed by atoms with Crippen LogP contribution in [0.1, 0.15) is 54.4 Å². The Labute approximate surface area is 212 Å². The number of hydrogen-bond donors (Lipinski definition) is 1. The molecule has 2 aromatic carbocycles. The highest BCUT2D eigenvalue weighted by Gasteiger charge is 2.40. The fraction of sp³-hybridized carbons (Fsp3) is 0.464. The molecule has 0 spiro atoms. The minimum absolute atomic E-state index is 0.00498. The summed E-state index contributed by atoms with van der Waals surface area (Å²) in [5, 5.41) is 2.93. The summed E-state index contributed by atoms with van der Waals surface area (Å²) in [7, 11) is 1.61. The van der Waals surface area contributed by atoms with Gasteiger partial charge in [0.1, 0.15) is 18.3 Å². The van der Waals surface area contributed by atoms with E-state index in [1.54, 1.807) is 12.0 Å². The van der Waals surface area contributed by atoms with E-state index in [0.29, 0.717) is 17.8 Å². The van der Waals surface area contributed by atoms with Crippen molar-refractivity contribution >= 4 is 29.1 Å². The largest absolute Gasteiger partial charge is 0.497 e. The lowest BCUT2D eigenvalue weighted by atomic mass is 9.95. The summed E-state index contributed by atoms with van der Waals surface area (Å²) in [5.41, 5.74) is 3.10. The van der Waals surface area contributed by atoms with Gasteiger partial charge in [0, 0.05) is 31.7 Å². The van der Waals surface area contributed by atoms with Crippen LogP contribution in [0.3, 0.4) is 0 Å². The van der Waals surface area contributed by atoms with Gasteiger partial charge in [-0.25, -0.2) is 0 Å². The number of amides is 3. The van der Waals surface area contributed by atoms with E-state index in [-0.39, 0.29) is 30.3 Å². The zero-order chi connectivity index (χ0) is 25.1. The van der Waals surface area contributed by atoms with Gasteiger partial charge in [-0.05, 0) is 74.4 Å². The van der Waals surface area contributed by atoms with Gasteiger partial charge in [-0.2, -0.15) is 0 Å². The van der Waals surface area contributed by atoms with E-state index in [0.717, 1.165) is 75.2 Å². The molecule has 0 aliphatic carbocycles. The molecule has 0 aromatic heterocycles. The third-order valence-electron chi connectivity index (χ3n) is 7.47. The fourth-order valence-electron chi connectivity index (χ4n) is 5.48. The summed E-state index contributed by atoms with van der Waals surface area (Å²) in [4.78, 5) is 45.4. The maximum absolute atomic E-state index is 13.6. The Balaban J connectivity index is 1.37. The third kappa shape index (κ3) is 4.90. The van der Waals surface area contributed by atoms with E-state index in [9.17, 15) is 14.4 Å². The van der Waals surface area contributed by atoms with Crippen molar-refractivity contribution in [2.75, 3.05) is 43.1 Å². The van der Waals surface area contributed by atoms with Crippen molar-refractivity contribution in [2.45, 2.75) is 51.1 Å². The SMILES string of the molecule is COc1ccc(CNC(=O)CN2C(=O)[C@@H]3CCCCN3c3ccc(C(=O)N4CCCCC4)cc32)cc1. The molecule has 36 heavy (non-hydrogen) atoms. The number of methoxy groups -OCH3 is 1. The minimum atomic E-state index is -0.260. The normalized spacial score (nSPS) is 19.4. The highest BCUT2D eigenvalue weighted by atomic mass is 16.5. The van der Waals surface area contributed by atoms with Gasteiger partial charge in [0.05, 0.1) is 18.5 Å². The molecular weight excluding hydrogens is 456 g/mol. The van der Waals surface area contributed by atoms with Crippen molar-refractivity contribution in [1.82, 2.24) is 10.2 Å². The van der Waals surface area contributed by atoms with E-state index < -0.39 is 0 Å². The van der Waals surface area contributed by atoms with Crippen molar-refractivity contribution in [1.29, 1.82) is 0 Å². The molecule has 190 valence electrons. The predicted octanol–water partition coefficient (Wildman–Crippen LogP) is 3.34. The molecule has 0 saturated carbocycles. The highest BCUT2D eigenvalue weighted by molar-refractivity contribution is 6.09. The van der Waals surface area contributed by atoms with Crippen LogP contribution in [0.4, 0.5) is 11.4 Å². The Kier molecular flexibility index (Phi) is 7.11. The second kappa shape index (κ2) is 10.6. The van der Waals surface area contributed by atoms with Crippen molar-refractivity contribution < 1.29 is 19.1 Å². The Hall–Kier alpha value is -3.55. The van der Waals surface area contributed by atoms with E-state index in [1.807, 2.05) is 47.4 Å². The average molecular weight is 491 g/mol. The summed E-state index contributed by atoms with van der Waals surface area (Å²) in [6.07, 6.45) is 5.98. The number of rotatable bonds is 6. The molecule has 0 unspecified atom stereocenters. The third-order valence-corrected chi connectivity index (χ3v) is 7.47. The number of carbonyl (C=O) groups excluding carboxylic acids is 3. The topological polar surface area (TPSA) is 82.2 Å². The quantitative estimate of drug-likeness (QED) is 0.672. The number of fused-ring (bicyclic) bond motifs is 3. The van der Waals surface area contributed by atoms with Crippen LogP contribution in [-0.4, -0.2) is 62.0 Å². The van der Waals surface area contributed by atoms with Crippen LogP contribution in [0.2, 0.25) is 0 Å². The Bertz CT molecular complexity index is 1130. The number of benzene rings is 2. The molecule has 2 fully saturated rings. The summed E-state index contributed by atoms with van der Waals surface area (Å²) >= 11 is 0. The first kappa shape index (κ1) is 24.2. The zero-order valence-electron chi connectivity index (χ0n) is 20.9. The second-order valence-corrected chi connectivity index (χ2v) is 9.81. The molecule has 0 radical (unpaired) electrons. The first-order valence-electron chi connectivity index (χ1n) is 13.0. The maximum Gasteiger partial charge on any atom is 0.253 e. The van der Waals surface area contributed by atoms with Crippen LogP contribution in [0.25, 0.3) is 0 Å². The summed E-state index contributed by atoms with van der Waals surface area (Å²) in [5.74, 6) is 0.452. The van der Waals surface area contributed by atoms with Crippen LogP contribution in [0, 0.1) is 0 Å². The molecule has 3 amide bonds.